The maximum absolute atomic E-state index is 13.1. The van der Waals surface area contributed by atoms with Crippen molar-refractivity contribution in [2.45, 2.75) is 23.8 Å². The summed E-state index contributed by atoms with van der Waals surface area (Å²) < 4.78 is 10.2. The van der Waals surface area contributed by atoms with Crippen molar-refractivity contribution in [3.8, 4) is 11.1 Å². The van der Waals surface area contributed by atoms with Gasteiger partial charge in [-0.25, -0.2) is 9.59 Å². The van der Waals surface area contributed by atoms with Gasteiger partial charge in [-0.2, -0.15) is 0 Å². The Morgan fingerprint density at radius 2 is 1.63 bits per heavy atom. The number of nitrogens with zero attached hydrogens (tertiary/aromatic N) is 1. The van der Waals surface area contributed by atoms with Crippen molar-refractivity contribution < 1.29 is 19.1 Å². The van der Waals surface area contributed by atoms with E-state index in [4.69, 9.17) is 9.47 Å². The number of likely N-dealkylation sites (tertiary alicyclic amines) is 1. The van der Waals surface area contributed by atoms with Crippen LogP contribution in [0.3, 0.4) is 0 Å². The molecule has 5 nitrogen and oxygen atoms in total. The van der Waals surface area contributed by atoms with E-state index in [1.54, 1.807) is 11.8 Å². The molecular formula is C29H29NO4S. The normalized spacial score (nSPS) is 19.2. The number of rotatable bonds is 8. The maximum atomic E-state index is 13.1. The van der Waals surface area contributed by atoms with Gasteiger partial charge in [-0.1, -0.05) is 91.0 Å². The fraction of sp³-hybridized carbons (Fsp3) is 0.241. The van der Waals surface area contributed by atoms with Crippen molar-refractivity contribution in [3.63, 3.8) is 0 Å². The smallest absolute Gasteiger partial charge is 0.410 e. The first-order valence-corrected chi connectivity index (χ1v) is 12.5. The molecule has 4 rings (SSSR count). The molecule has 0 unspecified atom stereocenters. The lowest BCUT2D eigenvalue weighted by Crippen LogP contribution is -2.41. The van der Waals surface area contributed by atoms with Gasteiger partial charge in [-0.3, -0.25) is 4.90 Å². The second-order valence-corrected chi connectivity index (χ2v) is 9.85. The van der Waals surface area contributed by atoms with Gasteiger partial charge in [0.2, 0.25) is 0 Å². The number of carbonyl (C=O) groups excluding carboxylic acids is 2. The molecule has 1 aliphatic heterocycles. The van der Waals surface area contributed by atoms with Crippen LogP contribution in [-0.2, 0) is 25.6 Å². The molecule has 3 aromatic rings. The van der Waals surface area contributed by atoms with E-state index in [2.05, 4.69) is 43.0 Å². The summed E-state index contributed by atoms with van der Waals surface area (Å²) in [5.41, 5.74) is 4.19. The fourth-order valence-electron chi connectivity index (χ4n) is 4.43. The molecule has 3 aromatic carbocycles. The third kappa shape index (κ3) is 5.60. The number of methoxy groups -OCH3 is 1. The molecule has 1 saturated heterocycles. The highest BCUT2D eigenvalue weighted by molar-refractivity contribution is 8.00. The van der Waals surface area contributed by atoms with Gasteiger partial charge < -0.3 is 9.47 Å². The second-order valence-electron chi connectivity index (χ2n) is 8.45. The van der Waals surface area contributed by atoms with E-state index < -0.39 is 22.9 Å². The van der Waals surface area contributed by atoms with Gasteiger partial charge in [0.1, 0.15) is 12.6 Å². The van der Waals surface area contributed by atoms with Crippen molar-refractivity contribution in [2.24, 2.45) is 0 Å². The molecule has 0 aromatic heterocycles. The van der Waals surface area contributed by atoms with E-state index in [0.29, 0.717) is 18.7 Å². The zero-order chi connectivity index (χ0) is 24.7. The molecule has 0 bridgehead atoms. The van der Waals surface area contributed by atoms with Crippen molar-refractivity contribution in [3.05, 3.63) is 109 Å². The third-order valence-corrected chi connectivity index (χ3v) is 7.72. The van der Waals surface area contributed by atoms with E-state index in [1.165, 1.54) is 12.0 Å². The molecule has 0 aliphatic carbocycles. The van der Waals surface area contributed by atoms with E-state index >= 15 is 0 Å². The predicted octanol–water partition coefficient (Wildman–Crippen LogP) is 6.05. The van der Waals surface area contributed by atoms with Crippen LogP contribution in [0.15, 0.2) is 97.6 Å². The average Bonchev–Trinajstić information content (AvgIpc) is 3.32. The summed E-state index contributed by atoms with van der Waals surface area (Å²) in [4.78, 5) is 27.4. The fourth-order valence-corrected chi connectivity index (χ4v) is 5.67. The molecule has 180 valence electrons. The Morgan fingerprint density at radius 3 is 2.26 bits per heavy atom. The monoisotopic (exact) mass is 487 g/mol. The van der Waals surface area contributed by atoms with Crippen LogP contribution in [-0.4, -0.2) is 42.4 Å². The summed E-state index contributed by atoms with van der Waals surface area (Å²) in [5.74, 6) is 0.241. The minimum absolute atomic E-state index is 0.142. The largest absolute Gasteiger partial charge is 0.467 e. The van der Waals surface area contributed by atoms with Crippen molar-refractivity contribution in [1.29, 1.82) is 0 Å². The SMILES string of the molecule is C=CCS[C@]1(c2ccc(-c3ccccc3)cc2)C[C@@H](C(=O)OC)N(C(=O)OCc2ccccc2)C1. The van der Waals surface area contributed by atoms with Crippen LogP contribution in [0, 0.1) is 0 Å². The Kier molecular flexibility index (Phi) is 7.93. The van der Waals surface area contributed by atoms with E-state index in [-0.39, 0.29) is 6.61 Å². The lowest BCUT2D eigenvalue weighted by Gasteiger charge is -2.29. The number of amides is 1. The van der Waals surface area contributed by atoms with Gasteiger partial charge in [-0.15, -0.1) is 18.3 Å². The van der Waals surface area contributed by atoms with E-state index in [0.717, 1.165) is 22.3 Å². The first kappa shape index (κ1) is 24.6. The van der Waals surface area contributed by atoms with Crippen LogP contribution in [0.5, 0.6) is 0 Å². The summed E-state index contributed by atoms with van der Waals surface area (Å²) in [7, 11) is 1.35. The summed E-state index contributed by atoms with van der Waals surface area (Å²) >= 11 is 1.68. The molecule has 2 atom stereocenters. The van der Waals surface area contributed by atoms with Crippen molar-refractivity contribution in [2.75, 3.05) is 19.4 Å². The molecule has 35 heavy (non-hydrogen) atoms. The zero-order valence-electron chi connectivity index (χ0n) is 19.8. The standard InChI is InChI=1S/C29H29NO4S/c1-3-18-35-29(25-16-14-24(15-17-25)23-12-8-5-9-13-23)19-26(27(31)33-2)30(21-29)28(32)34-20-22-10-6-4-7-11-22/h3-17,26H,1,18-21H2,2H3/t26-,29+/m0/s1. The zero-order valence-corrected chi connectivity index (χ0v) is 20.6. The van der Waals surface area contributed by atoms with Crippen molar-refractivity contribution >= 4 is 23.8 Å². The highest BCUT2D eigenvalue weighted by Crippen LogP contribution is 2.48. The minimum Gasteiger partial charge on any atom is -0.467 e. The molecule has 0 saturated carbocycles. The number of thioether (sulfide) groups is 1. The van der Waals surface area contributed by atoms with Crippen LogP contribution in [0.4, 0.5) is 4.79 Å². The van der Waals surface area contributed by atoms with Crippen LogP contribution >= 0.6 is 11.8 Å². The average molecular weight is 488 g/mol. The van der Waals surface area contributed by atoms with Crippen LogP contribution < -0.4 is 0 Å². The van der Waals surface area contributed by atoms with E-state index in [9.17, 15) is 9.59 Å². The number of benzene rings is 3. The number of esters is 1. The van der Waals surface area contributed by atoms with E-state index in [1.807, 2.05) is 54.6 Å². The molecule has 6 heteroatoms. The topological polar surface area (TPSA) is 55.8 Å². The predicted molar refractivity (Wildman–Crippen MR) is 140 cm³/mol. The second kappa shape index (κ2) is 11.3. The number of hydrogen-bond donors (Lipinski definition) is 0. The third-order valence-electron chi connectivity index (χ3n) is 6.23. The summed E-state index contributed by atoms with van der Waals surface area (Å²) in [6.07, 6.45) is 1.75. The van der Waals surface area contributed by atoms with Gasteiger partial charge >= 0.3 is 12.1 Å². The maximum Gasteiger partial charge on any atom is 0.410 e. The van der Waals surface area contributed by atoms with Gasteiger partial charge in [0.05, 0.1) is 11.9 Å². The van der Waals surface area contributed by atoms with Crippen LogP contribution in [0.1, 0.15) is 17.5 Å². The summed E-state index contributed by atoms with van der Waals surface area (Å²) in [6, 6.07) is 27.3. The summed E-state index contributed by atoms with van der Waals surface area (Å²) in [5, 5.41) is 0. The first-order chi connectivity index (χ1) is 17.1. The Balaban J connectivity index is 1.61. The summed E-state index contributed by atoms with van der Waals surface area (Å²) in [6.45, 7) is 4.35. The lowest BCUT2D eigenvalue weighted by molar-refractivity contribution is -0.145. The Morgan fingerprint density at radius 1 is 1.00 bits per heavy atom. The molecule has 0 N–H and O–H groups in total. The first-order valence-electron chi connectivity index (χ1n) is 11.5. The Labute approximate surface area is 210 Å². The van der Waals surface area contributed by atoms with Crippen molar-refractivity contribution in [1.82, 2.24) is 4.90 Å². The lowest BCUT2D eigenvalue weighted by atomic mass is 9.93. The van der Waals surface area contributed by atoms with Gasteiger partial charge in [-0.05, 0) is 28.7 Å². The number of ether oxygens (including phenoxy) is 2. The molecule has 1 aliphatic rings. The molecule has 0 spiro atoms. The van der Waals surface area contributed by atoms with Gasteiger partial charge in [0, 0.05) is 12.3 Å². The number of carbonyl (C=O) groups is 2. The molecule has 0 radical (unpaired) electrons. The highest BCUT2D eigenvalue weighted by atomic mass is 32.2. The minimum atomic E-state index is -0.727. The molecule has 1 amide bonds. The molecule has 1 fully saturated rings. The Hall–Kier alpha value is -3.51. The van der Waals surface area contributed by atoms with Crippen LogP contribution in [0.25, 0.3) is 11.1 Å². The van der Waals surface area contributed by atoms with Crippen LogP contribution in [0.2, 0.25) is 0 Å². The quantitative estimate of drug-likeness (QED) is 0.286. The molecular weight excluding hydrogens is 458 g/mol. The Bertz CT molecular complexity index is 1150. The highest BCUT2D eigenvalue weighted by Gasteiger charge is 2.51. The number of hydrogen-bond acceptors (Lipinski definition) is 5. The molecule has 1 heterocycles. The van der Waals surface area contributed by atoms with Gasteiger partial charge in [0.25, 0.3) is 0 Å². The van der Waals surface area contributed by atoms with Gasteiger partial charge in [0.15, 0.2) is 0 Å².